The Bertz CT molecular complexity index is 344. The van der Waals surface area contributed by atoms with Crippen LogP contribution >= 0.6 is 0 Å². The van der Waals surface area contributed by atoms with E-state index in [1.54, 1.807) is 24.3 Å². The summed E-state index contributed by atoms with van der Waals surface area (Å²) in [4.78, 5) is 10.1. The highest BCUT2D eigenvalue weighted by Gasteiger charge is 2.15. The Morgan fingerprint density at radius 3 is 2.27 bits per heavy atom. The van der Waals surface area contributed by atoms with Gasteiger partial charge < -0.3 is 5.32 Å². The van der Waals surface area contributed by atoms with Crippen LogP contribution in [0.5, 0.6) is 0 Å². The number of hydrogen-bond acceptors (Lipinski definition) is 3. The van der Waals surface area contributed by atoms with Crippen molar-refractivity contribution in [1.82, 2.24) is 5.32 Å². The number of benzene rings is 1. The van der Waals surface area contributed by atoms with Crippen molar-refractivity contribution in [2.45, 2.75) is 25.8 Å². The molecule has 1 aromatic rings. The van der Waals surface area contributed by atoms with Crippen LogP contribution in [0, 0.1) is 10.1 Å². The average Bonchev–Trinajstić information content (AvgIpc) is 2.18. The molecule has 4 nitrogen and oxygen atoms in total. The molecule has 0 aliphatic heterocycles. The van der Waals surface area contributed by atoms with Gasteiger partial charge in [0.05, 0.1) is 4.92 Å². The molecular weight excluding hydrogens is 192 g/mol. The van der Waals surface area contributed by atoms with E-state index in [0.29, 0.717) is 0 Å². The second kappa shape index (κ2) is 4.40. The van der Waals surface area contributed by atoms with E-state index in [-0.39, 0.29) is 16.1 Å². The SMILES string of the molecule is CNC(C)(C)Cc1ccc([N+](=O)[O-])cc1. The first kappa shape index (κ1) is 11.7. The van der Waals surface area contributed by atoms with Gasteiger partial charge in [-0.15, -0.1) is 0 Å². The van der Waals surface area contributed by atoms with Gasteiger partial charge in [0.15, 0.2) is 0 Å². The summed E-state index contributed by atoms with van der Waals surface area (Å²) < 4.78 is 0. The molecule has 0 bridgehead atoms. The minimum absolute atomic E-state index is 0.0101. The maximum atomic E-state index is 10.4. The molecule has 1 rings (SSSR count). The van der Waals surface area contributed by atoms with Crippen LogP contribution in [0.15, 0.2) is 24.3 Å². The van der Waals surface area contributed by atoms with Gasteiger partial charge in [-0.1, -0.05) is 12.1 Å². The maximum Gasteiger partial charge on any atom is 0.269 e. The van der Waals surface area contributed by atoms with Crippen LogP contribution in [0.1, 0.15) is 19.4 Å². The quantitative estimate of drug-likeness (QED) is 0.609. The molecule has 4 heteroatoms. The minimum atomic E-state index is -0.382. The van der Waals surface area contributed by atoms with Gasteiger partial charge in [0.1, 0.15) is 0 Å². The van der Waals surface area contributed by atoms with Crippen molar-refractivity contribution in [3.63, 3.8) is 0 Å². The number of likely N-dealkylation sites (N-methyl/N-ethyl adjacent to an activating group) is 1. The minimum Gasteiger partial charge on any atom is -0.314 e. The van der Waals surface area contributed by atoms with Crippen LogP contribution in [0.4, 0.5) is 5.69 Å². The molecule has 0 atom stereocenters. The van der Waals surface area contributed by atoms with Crippen molar-refractivity contribution in [2.24, 2.45) is 0 Å². The highest BCUT2D eigenvalue weighted by molar-refractivity contribution is 5.33. The Labute approximate surface area is 89.5 Å². The molecule has 0 radical (unpaired) electrons. The van der Waals surface area contributed by atoms with Gasteiger partial charge in [-0.2, -0.15) is 0 Å². The molecule has 15 heavy (non-hydrogen) atoms. The lowest BCUT2D eigenvalue weighted by Crippen LogP contribution is -2.38. The largest absolute Gasteiger partial charge is 0.314 e. The third-order valence-electron chi connectivity index (χ3n) is 2.47. The first-order valence-electron chi connectivity index (χ1n) is 4.87. The second-order valence-electron chi connectivity index (χ2n) is 4.23. The molecule has 0 amide bonds. The number of rotatable bonds is 4. The summed E-state index contributed by atoms with van der Waals surface area (Å²) in [5, 5.41) is 13.6. The zero-order valence-electron chi connectivity index (χ0n) is 9.28. The fraction of sp³-hybridized carbons (Fsp3) is 0.455. The maximum absolute atomic E-state index is 10.4. The van der Waals surface area contributed by atoms with Crippen molar-refractivity contribution < 1.29 is 4.92 Å². The van der Waals surface area contributed by atoms with Gasteiger partial charge in [-0.05, 0) is 32.9 Å². The normalized spacial score (nSPS) is 11.4. The fourth-order valence-electron chi connectivity index (χ4n) is 1.33. The average molecular weight is 208 g/mol. The standard InChI is InChI=1S/C11H16N2O2/c1-11(2,12-3)8-9-4-6-10(7-5-9)13(14)15/h4-7,12H,8H2,1-3H3. The van der Waals surface area contributed by atoms with Gasteiger partial charge >= 0.3 is 0 Å². The summed E-state index contributed by atoms with van der Waals surface area (Å²) in [6.07, 6.45) is 0.849. The zero-order chi connectivity index (χ0) is 11.5. The molecule has 0 aliphatic rings. The van der Waals surface area contributed by atoms with Crippen molar-refractivity contribution in [1.29, 1.82) is 0 Å². The Morgan fingerprint density at radius 1 is 1.33 bits per heavy atom. The highest BCUT2D eigenvalue weighted by Crippen LogP contribution is 2.16. The van der Waals surface area contributed by atoms with E-state index >= 15 is 0 Å². The van der Waals surface area contributed by atoms with Crippen LogP contribution in [0.3, 0.4) is 0 Å². The Hall–Kier alpha value is -1.42. The summed E-state index contributed by atoms with van der Waals surface area (Å²) in [5.41, 5.74) is 1.25. The number of non-ortho nitro benzene ring substituents is 1. The summed E-state index contributed by atoms with van der Waals surface area (Å²) in [5.74, 6) is 0. The zero-order valence-corrected chi connectivity index (χ0v) is 9.28. The van der Waals surface area contributed by atoms with Gasteiger partial charge in [0.2, 0.25) is 0 Å². The number of nitro groups is 1. The molecule has 0 saturated carbocycles. The van der Waals surface area contributed by atoms with Crippen LogP contribution < -0.4 is 5.32 Å². The van der Waals surface area contributed by atoms with Gasteiger partial charge in [-0.3, -0.25) is 10.1 Å². The molecule has 0 saturated heterocycles. The first-order chi connectivity index (χ1) is 6.94. The predicted octanol–water partition coefficient (Wildman–Crippen LogP) is 2.14. The lowest BCUT2D eigenvalue weighted by molar-refractivity contribution is -0.384. The summed E-state index contributed by atoms with van der Waals surface area (Å²) in [6.45, 7) is 4.18. The highest BCUT2D eigenvalue weighted by atomic mass is 16.6. The lowest BCUT2D eigenvalue weighted by atomic mass is 9.95. The fourth-order valence-corrected chi connectivity index (χ4v) is 1.33. The molecule has 1 aromatic carbocycles. The molecule has 0 aliphatic carbocycles. The van der Waals surface area contributed by atoms with Crippen LogP contribution in [0.2, 0.25) is 0 Å². The van der Waals surface area contributed by atoms with Crippen LogP contribution in [-0.2, 0) is 6.42 Å². The van der Waals surface area contributed by atoms with E-state index in [1.807, 2.05) is 7.05 Å². The number of nitro benzene ring substituents is 1. The summed E-state index contributed by atoms with van der Waals surface area (Å²) in [6, 6.07) is 6.69. The predicted molar refractivity (Wildman–Crippen MR) is 59.9 cm³/mol. The Balaban J connectivity index is 2.77. The smallest absolute Gasteiger partial charge is 0.269 e. The van der Waals surface area contributed by atoms with Crippen molar-refractivity contribution in [3.05, 3.63) is 39.9 Å². The van der Waals surface area contributed by atoms with E-state index in [0.717, 1.165) is 12.0 Å². The monoisotopic (exact) mass is 208 g/mol. The van der Waals surface area contributed by atoms with Crippen LogP contribution in [0.25, 0.3) is 0 Å². The van der Waals surface area contributed by atoms with Gasteiger partial charge in [0, 0.05) is 17.7 Å². The molecule has 82 valence electrons. The third-order valence-corrected chi connectivity index (χ3v) is 2.47. The van der Waals surface area contributed by atoms with Crippen molar-refractivity contribution in [3.8, 4) is 0 Å². The topological polar surface area (TPSA) is 55.2 Å². The third kappa shape index (κ3) is 3.32. The molecule has 0 unspecified atom stereocenters. The van der Waals surface area contributed by atoms with Crippen molar-refractivity contribution in [2.75, 3.05) is 7.05 Å². The summed E-state index contributed by atoms with van der Waals surface area (Å²) >= 11 is 0. The van der Waals surface area contributed by atoms with E-state index in [4.69, 9.17) is 0 Å². The van der Waals surface area contributed by atoms with Crippen molar-refractivity contribution >= 4 is 5.69 Å². The number of nitrogens with zero attached hydrogens (tertiary/aromatic N) is 1. The van der Waals surface area contributed by atoms with E-state index < -0.39 is 0 Å². The Morgan fingerprint density at radius 2 is 1.87 bits per heavy atom. The lowest BCUT2D eigenvalue weighted by Gasteiger charge is -2.23. The Kier molecular flexibility index (Phi) is 3.42. The summed E-state index contributed by atoms with van der Waals surface area (Å²) in [7, 11) is 1.91. The molecule has 0 fully saturated rings. The van der Waals surface area contributed by atoms with E-state index in [9.17, 15) is 10.1 Å². The van der Waals surface area contributed by atoms with Gasteiger partial charge in [-0.25, -0.2) is 0 Å². The number of nitrogens with one attached hydrogen (secondary N) is 1. The first-order valence-corrected chi connectivity index (χ1v) is 4.87. The molecular formula is C11H16N2O2. The molecule has 0 heterocycles. The van der Waals surface area contributed by atoms with E-state index in [1.165, 1.54) is 0 Å². The molecule has 0 aromatic heterocycles. The number of hydrogen-bond donors (Lipinski definition) is 1. The van der Waals surface area contributed by atoms with Crippen LogP contribution in [-0.4, -0.2) is 17.5 Å². The molecule has 0 spiro atoms. The molecule has 1 N–H and O–H groups in total. The second-order valence-corrected chi connectivity index (χ2v) is 4.23. The van der Waals surface area contributed by atoms with Gasteiger partial charge in [0.25, 0.3) is 5.69 Å². The van der Waals surface area contributed by atoms with E-state index in [2.05, 4.69) is 19.2 Å².